The first-order valence-electron chi connectivity index (χ1n) is 7.03. The van der Waals surface area contributed by atoms with Gasteiger partial charge in [-0.15, -0.1) is 0 Å². The molecule has 1 aromatic carbocycles. The zero-order chi connectivity index (χ0) is 15.0. The van der Waals surface area contributed by atoms with Crippen LogP contribution in [-0.4, -0.2) is 47.4 Å². The molecule has 0 amide bonds. The maximum Gasteiger partial charge on any atom is 0.313 e. The standard InChI is InChI=1S/C15H18ClNO4/c16-13-10(2-1-3-12(13)18)6-17-7-11-4-5-21-9-15(11,8-17)14(19)20/h1-3,11,18H,4-9H2,(H,19,20)/t11-,15+/m0/s1. The molecule has 0 aromatic heterocycles. The number of aliphatic carboxylic acids is 1. The second kappa shape index (κ2) is 5.48. The summed E-state index contributed by atoms with van der Waals surface area (Å²) in [6, 6.07) is 5.14. The molecule has 0 spiro atoms. The van der Waals surface area contributed by atoms with E-state index in [-0.39, 0.29) is 18.3 Å². The molecule has 2 aliphatic heterocycles. The van der Waals surface area contributed by atoms with Crippen LogP contribution < -0.4 is 0 Å². The number of likely N-dealkylation sites (tertiary alicyclic amines) is 1. The number of nitrogens with zero attached hydrogens (tertiary/aromatic N) is 1. The zero-order valence-electron chi connectivity index (χ0n) is 11.6. The van der Waals surface area contributed by atoms with Gasteiger partial charge in [0.15, 0.2) is 0 Å². The molecule has 2 N–H and O–H groups in total. The summed E-state index contributed by atoms with van der Waals surface area (Å²) in [6.45, 7) is 2.62. The quantitative estimate of drug-likeness (QED) is 0.893. The van der Waals surface area contributed by atoms with Gasteiger partial charge in [-0.3, -0.25) is 9.69 Å². The summed E-state index contributed by atoms with van der Waals surface area (Å²) in [5.41, 5.74) is 0.0124. The highest BCUT2D eigenvalue weighted by molar-refractivity contribution is 6.32. The van der Waals surface area contributed by atoms with Crippen molar-refractivity contribution in [2.45, 2.75) is 13.0 Å². The monoisotopic (exact) mass is 311 g/mol. The van der Waals surface area contributed by atoms with Crippen molar-refractivity contribution in [3.63, 3.8) is 0 Å². The van der Waals surface area contributed by atoms with Crippen LogP contribution in [0.5, 0.6) is 5.75 Å². The van der Waals surface area contributed by atoms with E-state index in [1.165, 1.54) is 0 Å². The molecule has 6 heteroatoms. The average molecular weight is 312 g/mol. The molecule has 0 bridgehead atoms. The maximum atomic E-state index is 11.7. The topological polar surface area (TPSA) is 70.0 Å². The van der Waals surface area contributed by atoms with E-state index >= 15 is 0 Å². The molecule has 3 rings (SSSR count). The fourth-order valence-electron chi connectivity index (χ4n) is 3.44. The molecule has 2 aliphatic rings. The Kier molecular flexibility index (Phi) is 3.82. The van der Waals surface area contributed by atoms with E-state index in [0.29, 0.717) is 24.7 Å². The summed E-state index contributed by atoms with van der Waals surface area (Å²) in [6.07, 6.45) is 0.774. The van der Waals surface area contributed by atoms with Gasteiger partial charge in [0, 0.05) is 26.2 Å². The number of phenols is 1. The van der Waals surface area contributed by atoms with E-state index in [0.717, 1.165) is 18.5 Å². The van der Waals surface area contributed by atoms with Crippen molar-refractivity contribution in [2.24, 2.45) is 11.3 Å². The first kappa shape index (κ1) is 14.6. The first-order chi connectivity index (χ1) is 10.0. The van der Waals surface area contributed by atoms with Crippen LogP contribution in [0.4, 0.5) is 0 Å². The van der Waals surface area contributed by atoms with Gasteiger partial charge in [0.2, 0.25) is 0 Å². The Morgan fingerprint density at radius 2 is 2.33 bits per heavy atom. The Balaban J connectivity index is 1.79. The number of hydrogen-bond donors (Lipinski definition) is 2. The normalized spacial score (nSPS) is 29.3. The lowest BCUT2D eigenvalue weighted by Crippen LogP contribution is -2.46. The van der Waals surface area contributed by atoms with E-state index in [9.17, 15) is 15.0 Å². The number of carboxylic acids is 1. The summed E-state index contributed by atoms with van der Waals surface area (Å²) in [4.78, 5) is 13.8. The van der Waals surface area contributed by atoms with Gasteiger partial charge in [0.1, 0.15) is 11.2 Å². The lowest BCUT2D eigenvalue weighted by molar-refractivity contribution is -0.159. The van der Waals surface area contributed by atoms with E-state index in [2.05, 4.69) is 4.90 Å². The largest absolute Gasteiger partial charge is 0.506 e. The number of ether oxygens (including phenoxy) is 1. The molecule has 0 unspecified atom stereocenters. The maximum absolute atomic E-state index is 11.7. The lowest BCUT2D eigenvalue weighted by atomic mass is 9.76. The Morgan fingerprint density at radius 1 is 1.52 bits per heavy atom. The number of rotatable bonds is 3. The van der Waals surface area contributed by atoms with Gasteiger partial charge in [0.05, 0.1) is 11.6 Å². The number of halogens is 1. The van der Waals surface area contributed by atoms with Crippen LogP contribution >= 0.6 is 11.6 Å². The van der Waals surface area contributed by atoms with Crippen molar-refractivity contribution in [2.75, 3.05) is 26.3 Å². The van der Waals surface area contributed by atoms with Gasteiger partial charge in [-0.05, 0) is 24.0 Å². The Bertz CT molecular complexity index is 565. The van der Waals surface area contributed by atoms with Gasteiger partial charge >= 0.3 is 5.97 Å². The number of fused-ring (bicyclic) bond motifs is 1. The number of phenolic OH excluding ortho intramolecular Hbond substituents is 1. The highest BCUT2D eigenvalue weighted by Crippen LogP contribution is 2.42. The van der Waals surface area contributed by atoms with E-state index in [1.807, 2.05) is 6.07 Å². The van der Waals surface area contributed by atoms with Crippen molar-refractivity contribution >= 4 is 17.6 Å². The van der Waals surface area contributed by atoms with E-state index in [1.54, 1.807) is 12.1 Å². The number of aromatic hydroxyl groups is 1. The Hall–Kier alpha value is -1.30. The van der Waals surface area contributed by atoms with E-state index in [4.69, 9.17) is 16.3 Å². The fraction of sp³-hybridized carbons (Fsp3) is 0.533. The third kappa shape index (κ3) is 2.50. The van der Waals surface area contributed by atoms with Gasteiger partial charge < -0.3 is 14.9 Å². The third-order valence-electron chi connectivity index (χ3n) is 4.61. The summed E-state index contributed by atoms with van der Waals surface area (Å²) in [5.74, 6) is -0.612. The molecule has 0 saturated carbocycles. The number of carboxylic acid groups (broad SMARTS) is 1. The van der Waals surface area contributed by atoms with Crippen molar-refractivity contribution in [1.82, 2.24) is 4.90 Å². The molecule has 2 saturated heterocycles. The molecular formula is C15H18ClNO4. The molecule has 5 nitrogen and oxygen atoms in total. The smallest absolute Gasteiger partial charge is 0.313 e. The summed E-state index contributed by atoms with van der Waals surface area (Å²) in [7, 11) is 0. The SMILES string of the molecule is O=C(O)[C@]12COCC[C@H]1CN(Cc1cccc(O)c1Cl)C2. The molecule has 2 atom stereocenters. The highest BCUT2D eigenvalue weighted by Gasteiger charge is 2.53. The second-order valence-corrected chi connectivity index (χ2v) is 6.30. The van der Waals surface area contributed by atoms with Gasteiger partial charge in [-0.2, -0.15) is 0 Å². The van der Waals surface area contributed by atoms with Crippen LogP contribution in [0, 0.1) is 11.3 Å². The highest BCUT2D eigenvalue weighted by atomic mass is 35.5. The van der Waals surface area contributed by atoms with Crippen LogP contribution in [0.15, 0.2) is 18.2 Å². The molecule has 0 radical (unpaired) electrons. The molecule has 1 aromatic rings. The molecule has 21 heavy (non-hydrogen) atoms. The lowest BCUT2D eigenvalue weighted by Gasteiger charge is -2.34. The summed E-state index contributed by atoms with van der Waals surface area (Å²) >= 11 is 6.10. The summed E-state index contributed by atoms with van der Waals surface area (Å²) in [5, 5.41) is 19.6. The molecule has 2 heterocycles. The number of benzene rings is 1. The minimum atomic E-state index is -0.804. The van der Waals surface area contributed by atoms with Gasteiger partial charge in [-0.25, -0.2) is 0 Å². The molecule has 114 valence electrons. The van der Waals surface area contributed by atoms with E-state index < -0.39 is 11.4 Å². The fourth-order valence-corrected chi connectivity index (χ4v) is 3.63. The van der Waals surface area contributed by atoms with Crippen LogP contribution in [0.1, 0.15) is 12.0 Å². The predicted octanol–water partition coefficient (Wildman–Crippen LogP) is 1.97. The van der Waals surface area contributed by atoms with Crippen LogP contribution in [0.3, 0.4) is 0 Å². The summed E-state index contributed by atoms with van der Waals surface area (Å²) < 4.78 is 5.42. The number of carbonyl (C=O) groups is 1. The van der Waals surface area contributed by atoms with Crippen molar-refractivity contribution in [3.8, 4) is 5.75 Å². The van der Waals surface area contributed by atoms with Crippen molar-refractivity contribution in [3.05, 3.63) is 28.8 Å². The molecule has 0 aliphatic carbocycles. The second-order valence-electron chi connectivity index (χ2n) is 5.92. The van der Waals surface area contributed by atoms with Crippen LogP contribution in [0.25, 0.3) is 0 Å². The van der Waals surface area contributed by atoms with Gasteiger partial charge in [0.25, 0.3) is 0 Å². The Labute approximate surface area is 128 Å². The first-order valence-corrected chi connectivity index (χ1v) is 7.40. The zero-order valence-corrected chi connectivity index (χ0v) is 12.3. The van der Waals surface area contributed by atoms with Crippen molar-refractivity contribution < 1.29 is 19.7 Å². The minimum Gasteiger partial charge on any atom is -0.506 e. The molecular weight excluding hydrogens is 294 g/mol. The van der Waals surface area contributed by atoms with Crippen LogP contribution in [0.2, 0.25) is 5.02 Å². The third-order valence-corrected chi connectivity index (χ3v) is 5.05. The average Bonchev–Trinajstić information content (AvgIpc) is 2.83. The predicted molar refractivity (Wildman–Crippen MR) is 77.4 cm³/mol. The Morgan fingerprint density at radius 3 is 3.05 bits per heavy atom. The van der Waals surface area contributed by atoms with Gasteiger partial charge in [-0.1, -0.05) is 23.7 Å². The van der Waals surface area contributed by atoms with Crippen molar-refractivity contribution in [1.29, 1.82) is 0 Å². The minimum absolute atomic E-state index is 0.0575. The molecule has 2 fully saturated rings. The van der Waals surface area contributed by atoms with Crippen LogP contribution in [-0.2, 0) is 16.1 Å². The number of hydrogen-bond acceptors (Lipinski definition) is 4.